The van der Waals surface area contributed by atoms with Gasteiger partial charge in [-0.15, -0.1) is 0 Å². The molecule has 0 aliphatic heterocycles. The summed E-state index contributed by atoms with van der Waals surface area (Å²) < 4.78 is 35.1. The zero-order valence-electron chi connectivity index (χ0n) is 8.29. The molecule has 0 fully saturated rings. The van der Waals surface area contributed by atoms with Crippen molar-refractivity contribution in [3.63, 3.8) is 0 Å². The van der Waals surface area contributed by atoms with E-state index in [1.807, 2.05) is 0 Å². The summed E-state index contributed by atoms with van der Waals surface area (Å²) >= 11 is 0. The number of hydrogen-bond donors (Lipinski definition) is 1. The predicted molar refractivity (Wildman–Crippen MR) is 47.6 cm³/mol. The van der Waals surface area contributed by atoms with Crippen LogP contribution in [0.1, 0.15) is 5.56 Å². The average Bonchev–Trinajstić information content (AvgIpc) is 2.40. The second-order valence-corrected chi connectivity index (χ2v) is 1.77. The Morgan fingerprint density at radius 2 is 1.47 bits per heavy atom. The van der Waals surface area contributed by atoms with Crippen LogP contribution in [0.3, 0.4) is 0 Å². The molecule has 0 saturated carbocycles. The molecule has 1 N–H and O–H groups in total. The van der Waals surface area contributed by atoms with Gasteiger partial charge in [-0.3, -0.25) is 0 Å². The third kappa shape index (κ3) is 14.4. The fourth-order valence-corrected chi connectivity index (χ4v) is 0.642. The minimum atomic E-state index is -0.389. The van der Waals surface area contributed by atoms with Gasteiger partial charge >= 0.3 is 33.9 Å². The van der Waals surface area contributed by atoms with Crippen LogP contribution >= 0.6 is 0 Å². The standard InChI is InChI=1S/C7H6FNO.3CO.Cr/c8-7-4-2-1-3-6(7)5-9-10;3*1-2;/h1-5,10H;;;;/b9-5+;;;;. The van der Waals surface area contributed by atoms with Gasteiger partial charge in [0.1, 0.15) is 5.82 Å². The molecule has 88 valence electrons. The maximum Gasteiger partial charge on any atom is 0 e. The number of nitrogens with zero attached hydrogens (tertiary/aromatic N) is 1. The third-order valence-corrected chi connectivity index (χ3v) is 1.10. The van der Waals surface area contributed by atoms with Gasteiger partial charge < -0.3 is 5.21 Å². The molecule has 0 amide bonds. The molecule has 7 heteroatoms. The smallest absolute Gasteiger partial charge is 0 e. The number of hydrogen-bond acceptors (Lipinski definition) is 2. The van der Waals surface area contributed by atoms with Crippen LogP contribution in [-0.4, -0.2) is 11.4 Å². The van der Waals surface area contributed by atoms with Crippen molar-refractivity contribution in [2.45, 2.75) is 0 Å². The van der Waals surface area contributed by atoms with Crippen LogP contribution in [0.2, 0.25) is 0 Å². The van der Waals surface area contributed by atoms with E-state index < -0.39 is 0 Å². The van der Waals surface area contributed by atoms with Gasteiger partial charge in [-0.2, -0.15) is 0 Å². The van der Waals surface area contributed by atoms with Crippen LogP contribution in [0.5, 0.6) is 0 Å². The largest absolute Gasteiger partial charge is 0 e. The molecule has 0 aliphatic rings. The van der Waals surface area contributed by atoms with Crippen molar-refractivity contribution >= 4 is 6.21 Å². The first kappa shape index (κ1) is 24.6. The summed E-state index contributed by atoms with van der Waals surface area (Å²) in [6.07, 6.45) is 1.05. The van der Waals surface area contributed by atoms with Crippen molar-refractivity contribution in [2.24, 2.45) is 5.16 Å². The number of halogens is 1. The Hall–Kier alpha value is -1.63. The Morgan fingerprint density at radius 1 is 1.06 bits per heavy atom. The summed E-state index contributed by atoms with van der Waals surface area (Å²) in [4.78, 5) is 0. The molecule has 0 radical (unpaired) electrons. The Balaban J connectivity index is -0.000000106. The Bertz CT molecular complexity index is 349. The fourth-order valence-electron chi connectivity index (χ4n) is 0.642. The maximum absolute atomic E-state index is 12.6. The molecule has 17 heavy (non-hydrogen) atoms. The molecule has 0 saturated heterocycles. The van der Waals surface area contributed by atoms with E-state index in [1.54, 1.807) is 12.1 Å². The summed E-state index contributed by atoms with van der Waals surface area (Å²) in [5.41, 5.74) is 0.282. The molecule has 0 aliphatic carbocycles. The van der Waals surface area contributed by atoms with E-state index in [2.05, 4.69) is 25.1 Å². The molecular weight excluding hydrogens is 269 g/mol. The van der Waals surface area contributed by atoms with Crippen molar-refractivity contribution < 1.29 is 40.9 Å². The molecule has 0 bridgehead atoms. The van der Waals surface area contributed by atoms with Gasteiger partial charge in [0.2, 0.25) is 0 Å². The number of oxime groups is 1. The third-order valence-electron chi connectivity index (χ3n) is 1.10. The first-order valence-corrected chi connectivity index (χ1v) is 3.38. The van der Waals surface area contributed by atoms with Crippen LogP contribution in [0.25, 0.3) is 0 Å². The second kappa shape index (κ2) is 23.9. The van der Waals surface area contributed by atoms with Gasteiger partial charge in [0, 0.05) is 22.9 Å². The van der Waals surface area contributed by atoms with Crippen LogP contribution in [0, 0.1) is 25.8 Å². The summed E-state index contributed by atoms with van der Waals surface area (Å²) in [5, 5.41) is 10.7. The monoisotopic (exact) mass is 275 g/mol. The molecule has 0 spiro atoms. The van der Waals surface area contributed by atoms with E-state index in [0.717, 1.165) is 6.21 Å². The van der Waals surface area contributed by atoms with E-state index in [0.29, 0.717) is 0 Å². The van der Waals surface area contributed by atoms with Crippen molar-refractivity contribution in [3.8, 4) is 0 Å². The first-order chi connectivity index (χ1) is 7.84. The van der Waals surface area contributed by atoms with Crippen molar-refractivity contribution in [1.29, 1.82) is 0 Å². The molecule has 5 nitrogen and oxygen atoms in total. The molecule has 0 unspecified atom stereocenters. The van der Waals surface area contributed by atoms with Gasteiger partial charge in [0.15, 0.2) is 0 Å². The Labute approximate surface area is 108 Å². The molecule has 1 aromatic rings. The second-order valence-electron chi connectivity index (χ2n) is 1.77. The Kier molecular flexibility index (Phi) is 34.5. The predicted octanol–water partition coefficient (Wildman–Crippen LogP) is 1.52. The topological polar surface area (TPSA) is 92.3 Å². The van der Waals surface area contributed by atoms with Gasteiger partial charge in [-0.25, -0.2) is 4.39 Å². The van der Waals surface area contributed by atoms with Gasteiger partial charge in [0.05, 0.1) is 6.21 Å². The summed E-state index contributed by atoms with van der Waals surface area (Å²) in [6.45, 7) is 13.5. The maximum atomic E-state index is 12.6. The van der Waals surface area contributed by atoms with E-state index in [9.17, 15) is 4.39 Å². The number of benzene rings is 1. The van der Waals surface area contributed by atoms with E-state index in [4.69, 9.17) is 19.2 Å². The molecule has 0 atom stereocenters. The van der Waals surface area contributed by atoms with Crippen molar-refractivity contribution in [3.05, 3.63) is 55.6 Å². The van der Waals surface area contributed by atoms with Crippen molar-refractivity contribution in [2.75, 3.05) is 0 Å². The summed E-state index contributed by atoms with van der Waals surface area (Å²) in [7, 11) is 0. The zero-order chi connectivity index (χ0) is 13.4. The average molecular weight is 275 g/mol. The van der Waals surface area contributed by atoms with E-state index in [1.165, 1.54) is 12.1 Å². The number of rotatable bonds is 1. The van der Waals surface area contributed by atoms with Crippen LogP contribution in [0.15, 0.2) is 29.4 Å². The fraction of sp³-hybridized carbons (Fsp3) is 0. The van der Waals surface area contributed by atoms with Gasteiger partial charge in [0.25, 0.3) is 0 Å². The van der Waals surface area contributed by atoms with Crippen LogP contribution in [0.4, 0.5) is 4.39 Å². The van der Waals surface area contributed by atoms with Crippen LogP contribution < -0.4 is 0 Å². The molecule has 1 aromatic carbocycles. The minimum Gasteiger partial charge on any atom is 0 e. The van der Waals surface area contributed by atoms with Gasteiger partial charge in [-0.1, -0.05) is 23.4 Å². The molecular formula is C10H6CrFNO4. The summed E-state index contributed by atoms with van der Waals surface area (Å²) in [6, 6.07) is 6.07. The Morgan fingerprint density at radius 3 is 1.82 bits per heavy atom. The SMILES string of the molecule is O/N=C/c1ccccc1F.[C-]#[O+].[C-]#[O+].[C-]#[O+].[Cr]. The van der Waals surface area contributed by atoms with Gasteiger partial charge in [-0.05, 0) is 6.07 Å². The normalized spacial score (nSPS) is 6.53. The summed E-state index contributed by atoms with van der Waals surface area (Å²) in [5.74, 6) is -0.389. The zero-order valence-corrected chi connectivity index (χ0v) is 9.57. The van der Waals surface area contributed by atoms with Crippen molar-refractivity contribution in [1.82, 2.24) is 0 Å². The van der Waals surface area contributed by atoms with E-state index in [-0.39, 0.29) is 28.7 Å². The molecule has 1 rings (SSSR count). The van der Waals surface area contributed by atoms with Crippen LogP contribution in [-0.2, 0) is 31.3 Å². The quantitative estimate of drug-likeness (QED) is 0.272. The molecule has 0 heterocycles. The minimum absolute atomic E-state index is 0. The molecule has 0 aromatic heterocycles. The first-order valence-electron chi connectivity index (χ1n) is 3.38. The van der Waals surface area contributed by atoms with E-state index >= 15 is 0 Å².